The topological polar surface area (TPSA) is 86.8 Å². The van der Waals surface area contributed by atoms with Gasteiger partial charge in [0.05, 0.1) is 10.6 Å². The van der Waals surface area contributed by atoms with Gasteiger partial charge in [0, 0.05) is 24.0 Å². The predicted octanol–water partition coefficient (Wildman–Crippen LogP) is 7.67. The second-order valence-corrected chi connectivity index (χ2v) is 15.2. The van der Waals surface area contributed by atoms with Crippen molar-refractivity contribution in [3.8, 4) is 0 Å². The zero-order valence-corrected chi connectivity index (χ0v) is 29.4. The van der Waals surface area contributed by atoms with Crippen molar-refractivity contribution in [2.75, 3.05) is 10.8 Å². The summed E-state index contributed by atoms with van der Waals surface area (Å²) in [5.74, 6) is -0.492. The van der Waals surface area contributed by atoms with Gasteiger partial charge in [-0.15, -0.1) is 0 Å². The number of nitrogens with zero attached hydrogens (tertiary/aromatic N) is 2. The normalized spacial score (nSPS) is 14.1. The van der Waals surface area contributed by atoms with E-state index in [0.29, 0.717) is 10.7 Å². The third kappa shape index (κ3) is 8.85. The van der Waals surface area contributed by atoms with Crippen LogP contribution >= 0.6 is 11.6 Å². The molecule has 1 N–H and O–H groups in total. The number of hydrogen-bond donors (Lipinski definition) is 1. The highest BCUT2D eigenvalue weighted by atomic mass is 35.5. The van der Waals surface area contributed by atoms with E-state index in [2.05, 4.69) is 19.2 Å². The standard InChI is InChI=1S/C39H44ClN3O4S/c1-28(2)32-17-21-35(22-18-32)43(48(46,47)36-23-13-29(3)14-24-36)27-38(44)42(26-31-15-19-33(40)20-16-31)37(25-30-9-5-4-6-10-30)39(45)41-34-11-7-8-12-34/h4-6,9-10,13-24,28,34,37H,7-8,11-12,25-27H2,1-3H3,(H,41,45)/t37-/m0/s1. The third-order valence-corrected chi connectivity index (χ3v) is 11.0. The van der Waals surface area contributed by atoms with Crippen LogP contribution in [-0.2, 0) is 32.6 Å². The zero-order chi connectivity index (χ0) is 34.3. The summed E-state index contributed by atoms with van der Waals surface area (Å²) >= 11 is 6.19. The van der Waals surface area contributed by atoms with Crippen molar-refractivity contribution >= 4 is 39.1 Å². The number of amides is 2. The Bertz CT molecular complexity index is 1770. The SMILES string of the molecule is Cc1ccc(S(=O)(=O)N(CC(=O)N(Cc2ccc(Cl)cc2)[C@@H](Cc2ccccc2)C(=O)NC2CCCC2)c2ccc(C(C)C)cc2)cc1. The number of rotatable bonds is 13. The van der Waals surface area contributed by atoms with Crippen LogP contribution in [0.5, 0.6) is 0 Å². The van der Waals surface area contributed by atoms with Crippen molar-refractivity contribution in [3.63, 3.8) is 0 Å². The summed E-state index contributed by atoms with van der Waals surface area (Å²) < 4.78 is 29.8. The molecular weight excluding hydrogens is 642 g/mol. The number of halogens is 1. The smallest absolute Gasteiger partial charge is 0.264 e. The molecule has 0 aromatic heterocycles. The lowest BCUT2D eigenvalue weighted by molar-refractivity contribution is -0.140. The summed E-state index contributed by atoms with van der Waals surface area (Å²) in [5, 5.41) is 3.76. The van der Waals surface area contributed by atoms with Gasteiger partial charge in [-0.1, -0.05) is 111 Å². The Kier molecular flexibility index (Phi) is 11.6. The van der Waals surface area contributed by atoms with E-state index < -0.39 is 28.5 Å². The number of aryl methyl sites for hydroxylation is 1. The number of carbonyl (C=O) groups excluding carboxylic acids is 2. The first-order valence-electron chi connectivity index (χ1n) is 16.6. The van der Waals surface area contributed by atoms with E-state index in [1.54, 1.807) is 48.5 Å². The molecule has 1 atom stereocenters. The van der Waals surface area contributed by atoms with Crippen molar-refractivity contribution in [3.05, 3.63) is 130 Å². The average Bonchev–Trinajstić information content (AvgIpc) is 3.59. The largest absolute Gasteiger partial charge is 0.352 e. The molecule has 7 nitrogen and oxygen atoms in total. The molecule has 4 aromatic rings. The molecule has 252 valence electrons. The van der Waals surface area contributed by atoms with E-state index in [-0.39, 0.29) is 35.7 Å². The van der Waals surface area contributed by atoms with Crippen molar-refractivity contribution < 1.29 is 18.0 Å². The molecule has 0 bridgehead atoms. The molecule has 0 unspecified atom stereocenters. The molecule has 48 heavy (non-hydrogen) atoms. The molecule has 9 heteroatoms. The highest BCUT2D eigenvalue weighted by Crippen LogP contribution is 2.28. The summed E-state index contributed by atoms with van der Waals surface area (Å²) in [7, 11) is -4.17. The first-order chi connectivity index (χ1) is 23.0. The predicted molar refractivity (Wildman–Crippen MR) is 193 cm³/mol. The number of anilines is 1. The second kappa shape index (κ2) is 15.8. The van der Waals surface area contributed by atoms with Gasteiger partial charge in [-0.3, -0.25) is 13.9 Å². The fourth-order valence-electron chi connectivity index (χ4n) is 6.10. The lowest BCUT2D eigenvalue weighted by Crippen LogP contribution is -2.54. The molecule has 5 rings (SSSR count). The van der Waals surface area contributed by atoms with Gasteiger partial charge in [0.25, 0.3) is 10.0 Å². The minimum absolute atomic E-state index is 0.0427. The van der Waals surface area contributed by atoms with E-state index in [1.165, 1.54) is 4.90 Å². The van der Waals surface area contributed by atoms with Gasteiger partial charge in [-0.25, -0.2) is 8.42 Å². The molecule has 2 amide bonds. The van der Waals surface area contributed by atoms with Gasteiger partial charge >= 0.3 is 0 Å². The Morgan fingerprint density at radius 3 is 2.06 bits per heavy atom. The molecule has 1 fully saturated rings. The summed E-state index contributed by atoms with van der Waals surface area (Å²) in [6.07, 6.45) is 4.15. The zero-order valence-electron chi connectivity index (χ0n) is 27.8. The first-order valence-corrected chi connectivity index (χ1v) is 18.4. The van der Waals surface area contributed by atoms with E-state index in [9.17, 15) is 18.0 Å². The summed E-state index contributed by atoms with van der Waals surface area (Å²) in [6.45, 7) is 5.62. The average molecular weight is 686 g/mol. The van der Waals surface area contributed by atoms with Crippen LogP contribution in [0, 0.1) is 6.92 Å². The molecule has 0 aliphatic heterocycles. The highest BCUT2D eigenvalue weighted by Gasteiger charge is 2.35. The molecule has 0 heterocycles. The van der Waals surface area contributed by atoms with Crippen LogP contribution in [0.15, 0.2) is 108 Å². The number of benzene rings is 4. The minimum atomic E-state index is -4.17. The molecule has 1 aliphatic rings. The van der Waals surface area contributed by atoms with Crippen molar-refractivity contribution in [2.45, 2.75) is 82.3 Å². The molecule has 1 saturated carbocycles. The second-order valence-electron chi connectivity index (χ2n) is 12.9. The van der Waals surface area contributed by atoms with Crippen LogP contribution in [0.1, 0.15) is 67.7 Å². The maximum atomic E-state index is 14.7. The van der Waals surface area contributed by atoms with E-state index >= 15 is 0 Å². The summed E-state index contributed by atoms with van der Waals surface area (Å²) in [5.41, 5.74) is 4.01. The van der Waals surface area contributed by atoms with Gasteiger partial charge in [0.15, 0.2) is 0 Å². The van der Waals surface area contributed by atoms with E-state index in [1.807, 2.05) is 61.5 Å². The first kappa shape index (κ1) is 35.2. The van der Waals surface area contributed by atoms with Gasteiger partial charge in [0.2, 0.25) is 11.8 Å². The summed E-state index contributed by atoms with van der Waals surface area (Å²) in [6, 6.07) is 29.7. The van der Waals surface area contributed by atoms with Crippen LogP contribution in [-0.4, -0.2) is 43.8 Å². The van der Waals surface area contributed by atoms with Crippen LogP contribution < -0.4 is 9.62 Å². The lowest BCUT2D eigenvalue weighted by Gasteiger charge is -2.34. The van der Waals surface area contributed by atoms with Gasteiger partial charge in [-0.2, -0.15) is 0 Å². The fourth-order valence-corrected chi connectivity index (χ4v) is 7.64. The Labute approximate surface area is 290 Å². The number of carbonyl (C=O) groups is 2. The Balaban J connectivity index is 1.57. The highest BCUT2D eigenvalue weighted by molar-refractivity contribution is 7.92. The molecule has 1 aliphatic carbocycles. The van der Waals surface area contributed by atoms with Gasteiger partial charge < -0.3 is 10.2 Å². The van der Waals surface area contributed by atoms with Crippen molar-refractivity contribution in [2.24, 2.45) is 0 Å². The van der Waals surface area contributed by atoms with E-state index in [4.69, 9.17) is 11.6 Å². The van der Waals surface area contributed by atoms with Crippen LogP contribution in [0.2, 0.25) is 5.02 Å². The Hall–Kier alpha value is -4.14. The van der Waals surface area contributed by atoms with Crippen molar-refractivity contribution in [1.29, 1.82) is 0 Å². The molecule has 0 saturated heterocycles. The third-order valence-electron chi connectivity index (χ3n) is 8.97. The van der Waals surface area contributed by atoms with Crippen molar-refractivity contribution in [1.82, 2.24) is 10.2 Å². The fraction of sp³-hybridized carbons (Fsp3) is 0.333. The number of sulfonamides is 1. The Morgan fingerprint density at radius 1 is 0.833 bits per heavy atom. The minimum Gasteiger partial charge on any atom is -0.352 e. The lowest BCUT2D eigenvalue weighted by atomic mass is 10.0. The maximum absolute atomic E-state index is 14.7. The van der Waals surface area contributed by atoms with Gasteiger partial charge in [-0.05, 0) is 78.8 Å². The molecule has 0 radical (unpaired) electrons. The quantitative estimate of drug-likeness (QED) is 0.157. The molecule has 0 spiro atoms. The Morgan fingerprint density at radius 2 is 1.46 bits per heavy atom. The monoisotopic (exact) mass is 685 g/mol. The van der Waals surface area contributed by atoms with E-state index in [0.717, 1.165) is 52.2 Å². The molecular formula is C39H44ClN3O4S. The van der Waals surface area contributed by atoms with Crippen LogP contribution in [0.3, 0.4) is 0 Å². The van der Waals surface area contributed by atoms with Crippen LogP contribution in [0.4, 0.5) is 5.69 Å². The summed E-state index contributed by atoms with van der Waals surface area (Å²) in [4.78, 5) is 30.4. The maximum Gasteiger partial charge on any atom is 0.264 e. The number of nitrogens with one attached hydrogen (secondary N) is 1. The van der Waals surface area contributed by atoms with Gasteiger partial charge in [0.1, 0.15) is 12.6 Å². The number of hydrogen-bond acceptors (Lipinski definition) is 4. The molecule has 4 aromatic carbocycles. The van der Waals surface area contributed by atoms with Crippen LogP contribution in [0.25, 0.3) is 0 Å².